The number of hydrogen-bond acceptors (Lipinski definition) is 3. The first kappa shape index (κ1) is 15.1. The third kappa shape index (κ3) is 3.64. The Morgan fingerprint density at radius 1 is 1.05 bits per heavy atom. The average Bonchev–Trinajstić information content (AvgIpc) is 2.48. The van der Waals surface area contributed by atoms with E-state index in [-0.39, 0.29) is 5.75 Å². The number of phenols is 1. The van der Waals surface area contributed by atoms with Crippen LogP contribution in [0.5, 0.6) is 5.75 Å². The van der Waals surface area contributed by atoms with Crippen molar-refractivity contribution in [3.8, 4) is 5.75 Å². The molecule has 6 heteroatoms. The number of fused-ring (bicyclic) bond motifs is 1. The minimum absolute atomic E-state index is 0.121. The molecule has 0 bridgehead atoms. The van der Waals surface area contributed by atoms with Crippen molar-refractivity contribution in [1.29, 1.82) is 0 Å². The summed E-state index contributed by atoms with van der Waals surface area (Å²) in [7, 11) is 0. The summed E-state index contributed by atoms with van der Waals surface area (Å²) in [5.41, 5.74) is 0.473. The lowest BCUT2D eigenvalue weighted by molar-refractivity contribution is -0.136. The Bertz CT molecular complexity index is 673. The van der Waals surface area contributed by atoms with Gasteiger partial charge in [0, 0.05) is 28.9 Å². The van der Waals surface area contributed by atoms with Crippen LogP contribution in [0.25, 0.3) is 10.8 Å². The molecule has 110 valence electrons. The zero-order chi connectivity index (χ0) is 15.2. The maximum atomic E-state index is 11.8. The largest absolute Gasteiger partial charge is 0.507 e. The number of nitrogens with one attached hydrogen (secondary N) is 2. The number of amides is 2. The minimum Gasteiger partial charge on any atom is -0.507 e. The zero-order valence-corrected chi connectivity index (χ0v) is 12.0. The standard InChI is InChI=1S/C15H15ClN2O3/c16-8-3-9-17-14(20)15(21)18-12-6-1-5-11-10(12)4-2-7-13(11)19/h1-2,4-7,19H,3,8-9H2,(H,17,20)(H,18,21). The number of hydrogen-bond donors (Lipinski definition) is 3. The summed E-state index contributed by atoms with van der Waals surface area (Å²) in [4.78, 5) is 23.4. The molecular formula is C15H15ClN2O3. The third-order valence-electron chi connectivity index (χ3n) is 2.95. The molecule has 0 aromatic heterocycles. The first-order valence-electron chi connectivity index (χ1n) is 6.49. The highest BCUT2D eigenvalue weighted by atomic mass is 35.5. The van der Waals surface area contributed by atoms with Crippen LogP contribution in [-0.2, 0) is 9.59 Å². The zero-order valence-electron chi connectivity index (χ0n) is 11.2. The molecule has 21 heavy (non-hydrogen) atoms. The molecule has 0 aliphatic rings. The number of carbonyl (C=O) groups excluding carboxylic acids is 2. The van der Waals surface area contributed by atoms with Crippen LogP contribution in [0.15, 0.2) is 36.4 Å². The Labute approximate surface area is 126 Å². The fourth-order valence-corrected chi connectivity index (χ4v) is 2.06. The molecule has 0 spiro atoms. The number of aromatic hydroxyl groups is 1. The van der Waals surface area contributed by atoms with Crippen LogP contribution in [0.3, 0.4) is 0 Å². The quantitative estimate of drug-likeness (QED) is 0.460. The van der Waals surface area contributed by atoms with E-state index in [2.05, 4.69) is 10.6 Å². The Kier molecular flexibility index (Phi) is 5.00. The van der Waals surface area contributed by atoms with Gasteiger partial charge in [-0.1, -0.05) is 24.3 Å². The molecule has 0 unspecified atom stereocenters. The second-order valence-electron chi connectivity index (χ2n) is 4.43. The van der Waals surface area contributed by atoms with Crippen LogP contribution in [0, 0.1) is 0 Å². The van der Waals surface area contributed by atoms with Crippen LogP contribution < -0.4 is 10.6 Å². The van der Waals surface area contributed by atoms with Gasteiger partial charge in [0.05, 0.1) is 0 Å². The molecule has 2 aromatic rings. The van der Waals surface area contributed by atoms with Crippen molar-refractivity contribution in [3.63, 3.8) is 0 Å². The van der Waals surface area contributed by atoms with Gasteiger partial charge in [0.2, 0.25) is 0 Å². The predicted molar refractivity (Wildman–Crippen MR) is 82.6 cm³/mol. The molecule has 0 saturated heterocycles. The van der Waals surface area contributed by atoms with Crippen molar-refractivity contribution < 1.29 is 14.7 Å². The summed E-state index contributed by atoms with van der Waals surface area (Å²) in [6.45, 7) is 0.353. The Balaban J connectivity index is 2.14. The Hall–Kier alpha value is -2.27. The lowest BCUT2D eigenvalue weighted by Crippen LogP contribution is -2.36. The summed E-state index contributed by atoms with van der Waals surface area (Å²) in [6.07, 6.45) is 0.600. The molecule has 3 N–H and O–H groups in total. The lowest BCUT2D eigenvalue weighted by atomic mass is 10.1. The Morgan fingerprint density at radius 2 is 1.76 bits per heavy atom. The van der Waals surface area contributed by atoms with Crippen LogP contribution >= 0.6 is 11.6 Å². The van der Waals surface area contributed by atoms with Crippen molar-refractivity contribution in [1.82, 2.24) is 5.32 Å². The highest BCUT2D eigenvalue weighted by Gasteiger charge is 2.14. The molecule has 2 amide bonds. The van der Waals surface area contributed by atoms with E-state index >= 15 is 0 Å². The molecule has 0 radical (unpaired) electrons. The topological polar surface area (TPSA) is 78.4 Å². The molecule has 0 aliphatic carbocycles. The minimum atomic E-state index is -0.750. The van der Waals surface area contributed by atoms with Gasteiger partial charge in [-0.15, -0.1) is 11.6 Å². The van der Waals surface area contributed by atoms with E-state index in [1.807, 2.05) is 0 Å². The number of rotatable bonds is 4. The van der Waals surface area contributed by atoms with Crippen LogP contribution in [0.4, 0.5) is 5.69 Å². The molecule has 0 fully saturated rings. The van der Waals surface area contributed by atoms with Gasteiger partial charge in [-0.2, -0.15) is 0 Å². The van der Waals surface area contributed by atoms with Gasteiger partial charge >= 0.3 is 11.8 Å². The highest BCUT2D eigenvalue weighted by molar-refractivity contribution is 6.40. The smallest absolute Gasteiger partial charge is 0.313 e. The number of anilines is 1. The highest BCUT2D eigenvalue weighted by Crippen LogP contribution is 2.29. The summed E-state index contributed by atoms with van der Waals surface area (Å²) < 4.78 is 0. The van der Waals surface area contributed by atoms with E-state index < -0.39 is 11.8 Å². The maximum Gasteiger partial charge on any atom is 0.313 e. The molecule has 5 nitrogen and oxygen atoms in total. The van der Waals surface area contributed by atoms with Gasteiger partial charge in [0.15, 0.2) is 0 Å². The van der Waals surface area contributed by atoms with Crippen LogP contribution in [-0.4, -0.2) is 29.3 Å². The summed E-state index contributed by atoms with van der Waals surface area (Å²) in [5.74, 6) is -0.919. The van der Waals surface area contributed by atoms with Crippen LogP contribution in [0.1, 0.15) is 6.42 Å². The van der Waals surface area contributed by atoms with Gasteiger partial charge in [0.25, 0.3) is 0 Å². The molecule has 2 rings (SSSR count). The van der Waals surface area contributed by atoms with E-state index in [0.29, 0.717) is 35.3 Å². The normalized spacial score (nSPS) is 10.3. The van der Waals surface area contributed by atoms with Gasteiger partial charge in [-0.05, 0) is 18.6 Å². The van der Waals surface area contributed by atoms with E-state index in [9.17, 15) is 14.7 Å². The predicted octanol–water partition coefficient (Wildman–Crippen LogP) is 2.23. The van der Waals surface area contributed by atoms with Gasteiger partial charge < -0.3 is 15.7 Å². The van der Waals surface area contributed by atoms with Crippen molar-refractivity contribution >= 4 is 39.9 Å². The van der Waals surface area contributed by atoms with Crippen molar-refractivity contribution in [2.75, 3.05) is 17.7 Å². The van der Waals surface area contributed by atoms with Crippen molar-refractivity contribution in [2.24, 2.45) is 0 Å². The fourth-order valence-electron chi connectivity index (χ4n) is 1.93. The average molecular weight is 307 g/mol. The second kappa shape index (κ2) is 6.95. The van der Waals surface area contributed by atoms with Crippen molar-refractivity contribution in [3.05, 3.63) is 36.4 Å². The third-order valence-corrected chi connectivity index (χ3v) is 3.22. The van der Waals surface area contributed by atoms with E-state index in [4.69, 9.17) is 11.6 Å². The summed E-state index contributed by atoms with van der Waals surface area (Å²) >= 11 is 5.50. The maximum absolute atomic E-state index is 11.8. The number of halogens is 1. The lowest BCUT2D eigenvalue weighted by Gasteiger charge is -2.09. The summed E-state index contributed by atoms with van der Waals surface area (Å²) in [6, 6.07) is 10.1. The number of benzene rings is 2. The van der Waals surface area contributed by atoms with Gasteiger partial charge in [-0.3, -0.25) is 9.59 Å². The molecular weight excluding hydrogens is 292 g/mol. The molecule has 0 aliphatic heterocycles. The SMILES string of the molecule is O=C(NCCCCl)C(=O)Nc1cccc2c(O)cccc12. The molecule has 0 heterocycles. The second-order valence-corrected chi connectivity index (χ2v) is 4.81. The molecule has 2 aromatic carbocycles. The van der Waals surface area contributed by atoms with Gasteiger partial charge in [0.1, 0.15) is 5.75 Å². The van der Waals surface area contributed by atoms with Crippen LogP contribution in [0.2, 0.25) is 0 Å². The number of carbonyl (C=O) groups is 2. The summed E-state index contributed by atoms with van der Waals surface area (Å²) in [5, 5.41) is 16.1. The van der Waals surface area contributed by atoms with Gasteiger partial charge in [-0.25, -0.2) is 0 Å². The fraction of sp³-hybridized carbons (Fsp3) is 0.200. The first-order chi connectivity index (χ1) is 10.1. The van der Waals surface area contributed by atoms with Crippen molar-refractivity contribution in [2.45, 2.75) is 6.42 Å². The van der Waals surface area contributed by atoms with E-state index in [0.717, 1.165) is 0 Å². The molecule has 0 saturated carbocycles. The first-order valence-corrected chi connectivity index (χ1v) is 7.03. The monoisotopic (exact) mass is 306 g/mol. The molecule has 0 atom stereocenters. The Morgan fingerprint density at radius 3 is 2.52 bits per heavy atom. The number of alkyl halides is 1. The van der Waals surface area contributed by atoms with E-state index in [1.54, 1.807) is 36.4 Å². The number of phenolic OH excluding ortho intramolecular Hbond substituents is 1. The van der Waals surface area contributed by atoms with E-state index in [1.165, 1.54) is 0 Å².